The zero-order chi connectivity index (χ0) is 19.8. The molecule has 29 heavy (non-hydrogen) atoms. The van der Waals surface area contributed by atoms with E-state index in [1.807, 2.05) is 12.1 Å². The summed E-state index contributed by atoms with van der Waals surface area (Å²) in [5.74, 6) is 1.81. The summed E-state index contributed by atoms with van der Waals surface area (Å²) in [6.45, 7) is 0. The second-order valence-corrected chi connectivity index (χ2v) is 11.8. The number of alkyl halides is 1. The monoisotopic (exact) mass is 456 g/mol. The van der Waals surface area contributed by atoms with E-state index in [1.165, 1.54) is 19.3 Å². The van der Waals surface area contributed by atoms with Crippen LogP contribution >= 0.6 is 15.9 Å². The Morgan fingerprint density at radius 3 is 2.66 bits per heavy atom. The highest BCUT2D eigenvalue weighted by Crippen LogP contribution is 2.65. The first kappa shape index (κ1) is 18.2. The molecule has 5 aliphatic rings. The van der Waals surface area contributed by atoms with E-state index in [0.717, 1.165) is 66.9 Å². The van der Waals surface area contributed by atoms with Gasteiger partial charge < -0.3 is 9.15 Å². The lowest BCUT2D eigenvalue weighted by molar-refractivity contribution is -0.141. The fourth-order valence-electron chi connectivity index (χ4n) is 7.34. The lowest BCUT2D eigenvalue weighted by atomic mass is 9.49. The van der Waals surface area contributed by atoms with Crippen molar-refractivity contribution >= 4 is 32.9 Å². The molecule has 4 atom stereocenters. The third kappa shape index (κ3) is 2.99. The Morgan fingerprint density at radius 1 is 1.14 bits per heavy atom. The molecule has 5 aliphatic carbocycles. The van der Waals surface area contributed by atoms with Gasteiger partial charge in [0.15, 0.2) is 0 Å². The van der Waals surface area contributed by atoms with Crippen molar-refractivity contribution in [2.75, 3.05) is 0 Å². The first-order valence-corrected chi connectivity index (χ1v) is 11.7. The minimum Gasteiger partial charge on any atom is -0.426 e. The molecule has 5 heteroatoms. The van der Waals surface area contributed by atoms with Crippen LogP contribution < -0.4 is 10.4 Å². The van der Waals surface area contributed by atoms with Gasteiger partial charge in [-0.25, -0.2) is 4.79 Å². The predicted molar refractivity (Wildman–Crippen MR) is 114 cm³/mol. The van der Waals surface area contributed by atoms with E-state index in [1.54, 1.807) is 6.07 Å². The number of esters is 1. The van der Waals surface area contributed by atoms with Gasteiger partial charge in [0, 0.05) is 21.3 Å². The van der Waals surface area contributed by atoms with Crippen LogP contribution in [0, 0.1) is 17.3 Å². The molecular formula is C24H25BrO4. The third-order valence-electron chi connectivity index (χ3n) is 7.81. The zero-order valence-corrected chi connectivity index (χ0v) is 18.1. The Hall–Kier alpha value is -1.62. The van der Waals surface area contributed by atoms with E-state index in [-0.39, 0.29) is 21.3 Å². The van der Waals surface area contributed by atoms with Crippen molar-refractivity contribution in [1.29, 1.82) is 0 Å². The van der Waals surface area contributed by atoms with Gasteiger partial charge in [-0.3, -0.25) is 4.79 Å². The molecule has 0 amide bonds. The van der Waals surface area contributed by atoms with Gasteiger partial charge in [0.25, 0.3) is 0 Å². The van der Waals surface area contributed by atoms with Crippen LogP contribution in [0.3, 0.4) is 0 Å². The van der Waals surface area contributed by atoms with Crippen molar-refractivity contribution in [2.24, 2.45) is 17.3 Å². The maximum atomic E-state index is 12.9. The quantitative estimate of drug-likeness (QED) is 0.271. The number of carbonyl (C=O) groups is 1. The fraction of sp³-hybridized carbons (Fsp3) is 0.583. The zero-order valence-electron chi connectivity index (χ0n) is 16.5. The normalized spacial score (nSPS) is 34.5. The molecule has 1 aromatic heterocycles. The molecule has 0 N–H and O–H groups in total. The lowest BCUT2D eigenvalue weighted by Crippen LogP contribution is -2.53. The summed E-state index contributed by atoms with van der Waals surface area (Å²) in [6.07, 6.45) is 10.4. The fourth-order valence-corrected chi connectivity index (χ4v) is 8.85. The van der Waals surface area contributed by atoms with E-state index in [0.29, 0.717) is 17.8 Å². The van der Waals surface area contributed by atoms with E-state index in [9.17, 15) is 9.59 Å². The number of benzene rings is 1. The molecule has 4 fully saturated rings. The van der Waals surface area contributed by atoms with Gasteiger partial charge in [-0.1, -0.05) is 15.9 Å². The minimum absolute atomic E-state index is 0.0922. The van der Waals surface area contributed by atoms with Gasteiger partial charge >= 0.3 is 11.6 Å². The summed E-state index contributed by atoms with van der Waals surface area (Å²) >= 11 is 4.01. The highest BCUT2D eigenvalue weighted by molar-refractivity contribution is 9.10. The summed E-state index contributed by atoms with van der Waals surface area (Å²) in [5.41, 5.74) is 2.28. The molecule has 4 saturated carbocycles. The van der Waals surface area contributed by atoms with Crippen molar-refractivity contribution in [3.63, 3.8) is 0 Å². The molecule has 2 unspecified atom stereocenters. The molecule has 4 nitrogen and oxygen atoms in total. The highest BCUT2D eigenvalue weighted by Gasteiger charge is 2.57. The van der Waals surface area contributed by atoms with Gasteiger partial charge in [0.1, 0.15) is 11.3 Å². The summed E-state index contributed by atoms with van der Waals surface area (Å²) in [5, 5.41) is 0.971. The Morgan fingerprint density at radius 2 is 1.90 bits per heavy atom. The minimum atomic E-state index is -0.246. The van der Waals surface area contributed by atoms with E-state index in [2.05, 4.69) is 15.9 Å². The molecular weight excluding hydrogens is 432 g/mol. The van der Waals surface area contributed by atoms with Crippen molar-refractivity contribution in [3.05, 3.63) is 39.7 Å². The van der Waals surface area contributed by atoms with Crippen LogP contribution in [0.2, 0.25) is 0 Å². The van der Waals surface area contributed by atoms with E-state index < -0.39 is 0 Å². The van der Waals surface area contributed by atoms with Crippen molar-refractivity contribution in [3.8, 4) is 5.75 Å². The van der Waals surface area contributed by atoms with Crippen LogP contribution in [0.5, 0.6) is 5.75 Å². The predicted octanol–water partition coefficient (Wildman–Crippen LogP) is 5.31. The topological polar surface area (TPSA) is 56.5 Å². The summed E-state index contributed by atoms with van der Waals surface area (Å²) in [4.78, 5) is 25.1. The molecule has 0 saturated heterocycles. The highest BCUT2D eigenvalue weighted by atomic mass is 79.9. The standard InChI is InChI=1S/C24H25BrO4/c25-24-10-14-6-15(11-24)9-23(8-14,13-24)12-21(26)28-16-4-5-18-17-2-1-3-19(17)22(27)29-20(18)7-16/h4-5,7,14-15H,1-3,6,8-13H2/t14-,15+,23?,24?. The average Bonchev–Trinajstić information content (AvgIpc) is 3.09. The maximum Gasteiger partial charge on any atom is 0.339 e. The van der Waals surface area contributed by atoms with Crippen LogP contribution in [0.4, 0.5) is 0 Å². The van der Waals surface area contributed by atoms with Crippen LogP contribution in [-0.2, 0) is 17.6 Å². The number of hydrogen-bond acceptors (Lipinski definition) is 4. The number of hydrogen-bond donors (Lipinski definition) is 0. The van der Waals surface area contributed by atoms with Crippen molar-refractivity contribution in [2.45, 2.75) is 68.5 Å². The van der Waals surface area contributed by atoms with Crippen LogP contribution in [-0.4, -0.2) is 10.3 Å². The first-order chi connectivity index (χ1) is 13.9. The number of ether oxygens (including phenoxy) is 1. The smallest absolute Gasteiger partial charge is 0.339 e. The van der Waals surface area contributed by atoms with Gasteiger partial charge in [-0.2, -0.15) is 0 Å². The summed E-state index contributed by atoms with van der Waals surface area (Å²) in [7, 11) is 0. The van der Waals surface area contributed by atoms with Crippen molar-refractivity contribution in [1.82, 2.24) is 0 Å². The van der Waals surface area contributed by atoms with Gasteiger partial charge in [-0.05, 0) is 92.7 Å². The molecule has 4 bridgehead atoms. The number of aryl methyl sites for hydroxylation is 1. The van der Waals surface area contributed by atoms with Crippen LogP contribution in [0.15, 0.2) is 27.4 Å². The summed E-state index contributed by atoms with van der Waals surface area (Å²) in [6, 6.07) is 5.48. The molecule has 1 heterocycles. The molecule has 0 radical (unpaired) electrons. The Bertz CT molecular complexity index is 1070. The summed E-state index contributed by atoms with van der Waals surface area (Å²) < 4.78 is 11.5. The second kappa shape index (κ2) is 6.19. The lowest BCUT2D eigenvalue weighted by Gasteiger charge is -2.60. The number of halogens is 1. The third-order valence-corrected chi connectivity index (χ3v) is 8.73. The van der Waals surface area contributed by atoms with Gasteiger partial charge in [0.2, 0.25) is 0 Å². The Kier molecular flexibility index (Phi) is 3.88. The molecule has 152 valence electrons. The number of carbonyl (C=O) groups excluding carboxylic acids is 1. The molecule has 2 aromatic rings. The first-order valence-electron chi connectivity index (χ1n) is 10.9. The number of rotatable bonds is 3. The van der Waals surface area contributed by atoms with Crippen LogP contribution in [0.25, 0.3) is 11.0 Å². The second-order valence-electron chi connectivity index (χ2n) is 10.1. The Balaban J connectivity index is 1.24. The Labute approximate surface area is 178 Å². The van der Waals surface area contributed by atoms with Gasteiger partial charge in [-0.15, -0.1) is 0 Å². The van der Waals surface area contributed by atoms with Gasteiger partial charge in [0.05, 0.1) is 6.42 Å². The van der Waals surface area contributed by atoms with Crippen LogP contribution in [0.1, 0.15) is 62.5 Å². The molecule has 0 aliphatic heterocycles. The average molecular weight is 457 g/mol. The number of fused-ring (bicyclic) bond motifs is 3. The molecule has 1 aromatic carbocycles. The molecule has 7 rings (SSSR count). The maximum absolute atomic E-state index is 12.9. The largest absolute Gasteiger partial charge is 0.426 e. The molecule has 0 spiro atoms. The van der Waals surface area contributed by atoms with Crippen molar-refractivity contribution < 1.29 is 13.9 Å². The van der Waals surface area contributed by atoms with E-state index in [4.69, 9.17) is 9.15 Å². The SMILES string of the molecule is O=C(CC12C[C@@H]3C[C@@H](CC(Br)(C3)C1)C2)Oc1ccc2c3c(c(=O)oc2c1)CCC3. The van der Waals surface area contributed by atoms with E-state index >= 15 is 0 Å².